The molecular formula is C12H20N4O. The summed E-state index contributed by atoms with van der Waals surface area (Å²) in [6, 6.07) is 0.467. The van der Waals surface area contributed by atoms with Gasteiger partial charge in [0, 0.05) is 19.8 Å². The van der Waals surface area contributed by atoms with E-state index in [1.165, 1.54) is 25.7 Å². The van der Waals surface area contributed by atoms with Crippen molar-refractivity contribution >= 4 is 11.5 Å². The molecule has 5 heteroatoms. The third-order valence-corrected chi connectivity index (χ3v) is 3.84. The zero-order valence-corrected chi connectivity index (χ0v) is 10.3. The number of morpholine rings is 1. The van der Waals surface area contributed by atoms with Crippen LogP contribution in [0.1, 0.15) is 25.7 Å². The Balaban J connectivity index is 1.88. The van der Waals surface area contributed by atoms with E-state index in [1.54, 1.807) is 4.68 Å². The second-order valence-corrected chi connectivity index (χ2v) is 5.04. The Morgan fingerprint density at radius 2 is 2.24 bits per heavy atom. The molecule has 3 rings (SSSR count). The Morgan fingerprint density at radius 1 is 1.41 bits per heavy atom. The van der Waals surface area contributed by atoms with Gasteiger partial charge >= 0.3 is 0 Å². The molecule has 0 bridgehead atoms. The first-order valence-corrected chi connectivity index (χ1v) is 6.43. The van der Waals surface area contributed by atoms with Crippen LogP contribution in [0.4, 0.5) is 11.5 Å². The van der Waals surface area contributed by atoms with Gasteiger partial charge in [-0.25, -0.2) is 0 Å². The topological polar surface area (TPSA) is 56.3 Å². The summed E-state index contributed by atoms with van der Waals surface area (Å²) < 4.78 is 7.65. The van der Waals surface area contributed by atoms with Gasteiger partial charge < -0.3 is 15.4 Å². The van der Waals surface area contributed by atoms with Crippen molar-refractivity contribution in [3.63, 3.8) is 0 Å². The fourth-order valence-electron chi connectivity index (χ4n) is 3.08. The maximum atomic E-state index is 6.03. The number of nitrogen functional groups attached to an aromatic ring is 1. The number of aryl methyl sites for hydroxylation is 1. The van der Waals surface area contributed by atoms with Gasteiger partial charge in [0.05, 0.1) is 24.4 Å². The number of aromatic nitrogens is 2. The van der Waals surface area contributed by atoms with Crippen LogP contribution < -0.4 is 10.6 Å². The Morgan fingerprint density at radius 3 is 3.00 bits per heavy atom. The smallest absolute Gasteiger partial charge is 0.174 e. The van der Waals surface area contributed by atoms with Crippen LogP contribution in [0.5, 0.6) is 0 Å². The van der Waals surface area contributed by atoms with Crippen LogP contribution in [0.2, 0.25) is 0 Å². The van der Waals surface area contributed by atoms with Gasteiger partial charge in [0.1, 0.15) is 0 Å². The minimum Gasteiger partial charge on any atom is -0.394 e. The number of nitrogens with zero attached hydrogens (tertiary/aromatic N) is 3. The van der Waals surface area contributed by atoms with Gasteiger partial charge in [0.2, 0.25) is 0 Å². The summed E-state index contributed by atoms with van der Waals surface area (Å²) in [4.78, 5) is 2.35. The summed E-state index contributed by atoms with van der Waals surface area (Å²) >= 11 is 0. The zero-order valence-electron chi connectivity index (χ0n) is 10.3. The molecule has 5 nitrogen and oxygen atoms in total. The van der Waals surface area contributed by atoms with Crippen LogP contribution >= 0.6 is 0 Å². The predicted octanol–water partition coefficient (Wildman–Crippen LogP) is 1.15. The summed E-state index contributed by atoms with van der Waals surface area (Å²) in [6.07, 6.45) is 7.19. The Hall–Kier alpha value is -1.23. The lowest BCUT2D eigenvalue weighted by Crippen LogP contribution is -2.53. The fraction of sp³-hybridized carbons (Fsp3) is 0.750. The van der Waals surface area contributed by atoms with Crippen molar-refractivity contribution in [3.8, 4) is 0 Å². The summed E-state index contributed by atoms with van der Waals surface area (Å²) in [7, 11) is 1.92. The highest BCUT2D eigenvalue weighted by Gasteiger charge is 2.35. The molecule has 2 atom stereocenters. The third kappa shape index (κ3) is 1.88. The number of fused-ring (bicyclic) bond motifs is 1. The van der Waals surface area contributed by atoms with Crippen molar-refractivity contribution in [2.75, 3.05) is 23.8 Å². The number of hydrogen-bond donors (Lipinski definition) is 1. The van der Waals surface area contributed by atoms with Crippen molar-refractivity contribution in [2.45, 2.75) is 37.8 Å². The number of ether oxygens (including phenoxy) is 1. The van der Waals surface area contributed by atoms with Crippen molar-refractivity contribution in [3.05, 3.63) is 6.20 Å². The van der Waals surface area contributed by atoms with Crippen molar-refractivity contribution in [2.24, 2.45) is 7.05 Å². The number of nitrogens with two attached hydrogens (primary N) is 1. The molecule has 1 saturated carbocycles. The van der Waals surface area contributed by atoms with Gasteiger partial charge in [0.15, 0.2) is 5.82 Å². The highest BCUT2D eigenvalue weighted by molar-refractivity contribution is 5.62. The number of hydrogen-bond acceptors (Lipinski definition) is 4. The number of rotatable bonds is 1. The lowest BCUT2D eigenvalue weighted by molar-refractivity contribution is -0.00896. The van der Waals surface area contributed by atoms with E-state index in [0.29, 0.717) is 12.1 Å². The third-order valence-electron chi connectivity index (χ3n) is 3.84. The standard InChI is InChI=1S/C12H20N4O/c1-15-8-9(13)12(14-15)16-6-7-17-11-5-3-2-4-10(11)16/h8,10-11H,2-7,13H2,1H3. The molecule has 2 N–H and O–H groups in total. The van der Waals surface area contributed by atoms with Crippen LogP contribution in [-0.2, 0) is 11.8 Å². The zero-order chi connectivity index (χ0) is 11.8. The highest BCUT2D eigenvalue weighted by Crippen LogP contribution is 2.33. The summed E-state index contributed by atoms with van der Waals surface area (Å²) in [5.74, 6) is 0.938. The van der Waals surface area contributed by atoms with Crippen LogP contribution in [0.25, 0.3) is 0 Å². The molecule has 0 aromatic carbocycles. The Labute approximate surface area is 102 Å². The van der Waals surface area contributed by atoms with Crippen LogP contribution in [0.3, 0.4) is 0 Å². The van der Waals surface area contributed by atoms with Crippen LogP contribution in [0.15, 0.2) is 6.20 Å². The van der Waals surface area contributed by atoms with Crippen molar-refractivity contribution in [1.82, 2.24) is 9.78 Å². The van der Waals surface area contributed by atoms with Gasteiger partial charge in [0.25, 0.3) is 0 Å². The van der Waals surface area contributed by atoms with Gasteiger partial charge in [-0.05, 0) is 12.8 Å². The molecule has 1 aliphatic heterocycles. The lowest BCUT2D eigenvalue weighted by atomic mass is 9.90. The van der Waals surface area contributed by atoms with E-state index in [4.69, 9.17) is 10.5 Å². The monoisotopic (exact) mass is 236 g/mol. The minimum atomic E-state index is 0.374. The lowest BCUT2D eigenvalue weighted by Gasteiger charge is -2.44. The molecule has 94 valence electrons. The SMILES string of the molecule is Cn1cc(N)c(N2CCOC3CCCCC32)n1. The first-order chi connectivity index (χ1) is 8.25. The van der Waals surface area contributed by atoms with E-state index in [0.717, 1.165) is 24.7 Å². The first-order valence-electron chi connectivity index (χ1n) is 6.43. The largest absolute Gasteiger partial charge is 0.394 e. The molecule has 2 fully saturated rings. The normalized spacial score (nSPS) is 29.1. The Bertz CT molecular complexity index is 401. The molecule has 2 unspecified atom stereocenters. The molecule has 1 aliphatic carbocycles. The predicted molar refractivity (Wildman–Crippen MR) is 67.0 cm³/mol. The Kier molecular flexibility index (Phi) is 2.70. The molecular weight excluding hydrogens is 216 g/mol. The molecule has 2 aliphatic rings. The molecule has 1 aromatic rings. The van der Waals surface area contributed by atoms with Gasteiger partial charge in [-0.1, -0.05) is 12.8 Å². The molecule has 0 amide bonds. The molecule has 0 spiro atoms. The quantitative estimate of drug-likeness (QED) is 0.794. The van der Waals surface area contributed by atoms with E-state index >= 15 is 0 Å². The summed E-state index contributed by atoms with van der Waals surface area (Å²) in [6.45, 7) is 1.69. The van der Waals surface area contributed by atoms with Gasteiger partial charge in [-0.15, -0.1) is 0 Å². The van der Waals surface area contributed by atoms with Crippen molar-refractivity contribution in [1.29, 1.82) is 0 Å². The average molecular weight is 236 g/mol. The van der Waals surface area contributed by atoms with E-state index in [2.05, 4.69) is 10.00 Å². The second kappa shape index (κ2) is 4.22. The molecule has 2 heterocycles. The van der Waals surface area contributed by atoms with E-state index < -0.39 is 0 Å². The molecule has 1 aromatic heterocycles. The number of anilines is 2. The average Bonchev–Trinajstić information content (AvgIpc) is 2.68. The molecule has 17 heavy (non-hydrogen) atoms. The van der Waals surface area contributed by atoms with Gasteiger partial charge in [-0.3, -0.25) is 4.68 Å². The maximum Gasteiger partial charge on any atom is 0.174 e. The highest BCUT2D eigenvalue weighted by atomic mass is 16.5. The fourth-order valence-corrected chi connectivity index (χ4v) is 3.08. The minimum absolute atomic E-state index is 0.374. The maximum absolute atomic E-state index is 6.03. The van der Waals surface area contributed by atoms with E-state index in [1.807, 2.05) is 13.2 Å². The summed E-state index contributed by atoms with van der Waals surface area (Å²) in [5.41, 5.74) is 6.80. The van der Waals surface area contributed by atoms with E-state index in [-0.39, 0.29) is 0 Å². The molecule has 1 saturated heterocycles. The van der Waals surface area contributed by atoms with Crippen LogP contribution in [-0.4, -0.2) is 35.1 Å². The second-order valence-electron chi connectivity index (χ2n) is 5.04. The first kappa shape index (κ1) is 10.9. The summed E-state index contributed by atoms with van der Waals surface area (Å²) in [5, 5.41) is 4.49. The molecule has 0 radical (unpaired) electrons. The van der Waals surface area contributed by atoms with Gasteiger partial charge in [-0.2, -0.15) is 5.10 Å². The van der Waals surface area contributed by atoms with Crippen molar-refractivity contribution < 1.29 is 4.74 Å². The van der Waals surface area contributed by atoms with E-state index in [9.17, 15) is 0 Å². The van der Waals surface area contributed by atoms with Crippen LogP contribution in [0, 0.1) is 0 Å².